The minimum atomic E-state index is -0.898. The standard InChI is InChI=1S/C30H46N2O6/c1-20(2)30(31-21(3)34)28(37)18-24(23-12-8-5-9-13-23)17-27(36)26(16-22-10-6-4-7-11-22)32-29(38)15-14-25(35)19-33/h4,6-7,10-11,20,23-24,26-27,30,33,36H,5,8-9,12-19H2,1-3H3,(H,31,34)(H,32,38)/t24-,26-,27-,30-/m0/s1. The number of benzene rings is 1. The third-order valence-corrected chi connectivity index (χ3v) is 7.61. The van der Waals surface area contributed by atoms with Gasteiger partial charge in [-0.05, 0) is 36.2 Å². The second-order valence-electron chi connectivity index (χ2n) is 11.1. The van der Waals surface area contributed by atoms with Crippen LogP contribution in [0.3, 0.4) is 0 Å². The minimum absolute atomic E-state index is 0.0239. The summed E-state index contributed by atoms with van der Waals surface area (Å²) in [5, 5.41) is 26.1. The molecule has 8 nitrogen and oxygen atoms in total. The maximum absolute atomic E-state index is 13.4. The Bertz CT molecular complexity index is 897. The van der Waals surface area contributed by atoms with Crippen molar-refractivity contribution in [2.45, 2.75) is 103 Å². The number of nitrogens with one attached hydrogen (secondary N) is 2. The lowest BCUT2D eigenvalue weighted by molar-refractivity contribution is -0.129. The van der Waals surface area contributed by atoms with Gasteiger partial charge in [-0.1, -0.05) is 76.3 Å². The molecule has 1 aromatic carbocycles. The Morgan fingerprint density at radius 1 is 0.974 bits per heavy atom. The van der Waals surface area contributed by atoms with Gasteiger partial charge in [0.05, 0.1) is 18.2 Å². The average molecular weight is 531 g/mol. The Hall–Kier alpha value is -2.58. The van der Waals surface area contributed by atoms with Crippen LogP contribution in [0.5, 0.6) is 0 Å². The predicted octanol–water partition coefficient (Wildman–Crippen LogP) is 3.12. The van der Waals surface area contributed by atoms with Crippen molar-refractivity contribution in [2.24, 2.45) is 17.8 Å². The molecule has 2 rings (SSSR count). The first kappa shape index (κ1) is 31.6. The molecule has 2 amide bonds. The Balaban J connectivity index is 2.21. The normalized spacial score (nSPS) is 17.3. The van der Waals surface area contributed by atoms with Gasteiger partial charge in [0.25, 0.3) is 0 Å². The fourth-order valence-electron chi connectivity index (χ4n) is 5.51. The Kier molecular flexibility index (Phi) is 13.7. The van der Waals surface area contributed by atoms with Crippen molar-refractivity contribution in [1.29, 1.82) is 0 Å². The second-order valence-corrected chi connectivity index (χ2v) is 11.1. The number of Topliss-reactive ketones (excluding diaryl/α,β-unsaturated/α-hetero) is 2. The smallest absolute Gasteiger partial charge is 0.220 e. The molecule has 0 aliphatic heterocycles. The molecule has 1 aliphatic rings. The molecule has 1 aromatic rings. The van der Waals surface area contributed by atoms with Crippen LogP contribution in [-0.2, 0) is 25.6 Å². The van der Waals surface area contributed by atoms with Crippen LogP contribution >= 0.6 is 0 Å². The number of aliphatic hydroxyl groups excluding tert-OH is 2. The number of hydrogen-bond acceptors (Lipinski definition) is 6. The van der Waals surface area contributed by atoms with Gasteiger partial charge in [-0.2, -0.15) is 0 Å². The summed E-state index contributed by atoms with van der Waals surface area (Å²) in [5.74, 6) is -0.852. The largest absolute Gasteiger partial charge is 0.391 e. The Morgan fingerprint density at radius 2 is 1.63 bits per heavy atom. The monoisotopic (exact) mass is 530 g/mol. The van der Waals surface area contributed by atoms with Gasteiger partial charge in [-0.3, -0.25) is 19.2 Å². The van der Waals surface area contributed by atoms with Crippen molar-refractivity contribution in [3.8, 4) is 0 Å². The van der Waals surface area contributed by atoms with Crippen LogP contribution in [0.2, 0.25) is 0 Å². The Morgan fingerprint density at radius 3 is 2.21 bits per heavy atom. The van der Waals surface area contributed by atoms with Crippen molar-refractivity contribution >= 4 is 23.4 Å². The van der Waals surface area contributed by atoms with Gasteiger partial charge < -0.3 is 20.8 Å². The number of rotatable bonds is 16. The first-order valence-corrected chi connectivity index (χ1v) is 14.0. The van der Waals surface area contributed by atoms with Gasteiger partial charge in [0.1, 0.15) is 6.61 Å². The summed E-state index contributed by atoms with van der Waals surface area (Å²) in [6, 6.07) is 8.41. The molecule has 0 saturated heterocycles. The second kappa shape index (κ2) is 16.4. The molecule has 0 aromatic heterocycles. The molecular weight excluding hydrogens is 484 g/mol. The molecule has 1 aliphatic carbocycles. The van der Waals surface area contributed by atoms with Crippen LogP contribution in [0.1, 0.15) is 84.1 Å². The molecule has 4 N–H and O–H groups in total. The number of carbonyl (C=O) groups is 4. The van der Waals surface area contributed by atoms with Crippen molar-refractivity contribution in [3.05, 3.63) is 35.9 Å². The van der Waals surface area contributed by atoms with Crippen molar-refractivity contribution in [2.75, 3.05) is 6.61 Å². The minimum Gasteiger partial charge on any atom is -0.391 e. The number of amides is 2. The molecule has 0 unspecified atom stereocenters. The van der Waals surface area contributed by atoms with Crippen LogP contribution < -0.4 is 10.6 Å². The van der Waals surface area contributed by atoms with E-state index in [0.29, 0.717) is 18.8 Å². The van der Waals surface area contributed by atoms with Gasteiger partial charge in [0.2, 0.25) is 11.8 Å². The highest BCUT2D eigenvalue weighted by Crippen LogP contribution is 2.35. The van der Waals surface area contributed by atoms with Gasteiger partial charge in [0, 0.05) is 26.2 Å². The van der Waals surface area contributed by atoms with E-state index in [-0.39, 0.29) is 48.7 Å². The van der Waals surface area contributed by atoms with Crippen LogP contribution in [0.25, 0.3) is 0 Å². The van der Waals surface area contributed by atoms with Crippen LogP contribution in [0.4, 0.5) is 0 Å². The van der Waals surface area contributed by atoms with E-state index in [4.69, 9.17) is 5.11 Å². The number of carbonyl (C=O) groups excluding carboxylic acids is 4. The highest BCUT2D eigenvalue weighted by molar-refractivity contribution is 5.88. The lowest BCUT2D eigenvalue weighted by Crippen LogP contribution is -2.47. The molecule has 4 atom stereocenters. The van der Waals surface area contributed by atoms with E-state index < -0.39 is 30.6 Å². The van der Waals surface area contributed by atoms with Gasteiger partial charge in [0.15, 0.2) is 11.6 Å². The molecule has 38 heavy (non-hydrogen) atoms. The van der Waals surface area contributed by atoms with E-state index in [1.165, 1.54) is 13.3 Å². The molecule has 0 spiro atoms. The quantitative estimate of drug-likeness (QED) is 0.260. The molecule has 1 fully saturated rings. The SMILES string of the molecule is CC(=O)N[C@H](C(=O)C[C@H](C[C@H](O)[C@H](Cc1ccccc1)NC(=O)CCC(=O)CO)C1CCCCC1)C(C)C. The van der Waals surface area contributed by atoms with Crippen LogP contribution in [0.15, 0.2) is 30.3 Å². The van der Waals surface area contributed by atoms with E-state index in [1.54, 1.807) is 0 Å². The molecule has 0 bridgehead atoms. The van der Waals surface area contributed by atoms with Crippen LogP contribution in [-0.4, -0.2) is 58.4 Å². The van der Waals surface area contributed by atoms with E-state index in [2.05, 4.69) is 10.6 Å². The summed E-state index contributed by atoms with van der Waals surface area (Å²) >= 11 is 0. The number of hydrogen-bond donors (Lipinski definition) is 4. The zero-order valence-electron chi connectivity index (χ0n) is 23.2. The zero-order chi connectivity index (χ0) is 28.1. The summed E-state index contributed by atoms with van der Waals surface area (Å²) in [6.45, 7) is 4.64. The van der Waals surface area contributed by atoms with Crippen LogP contribution in [0, 0.1) is 17.8 Å². The number of ketones is 2. The van der Waals surface area contributed by atoms with E-state index >= 15 is 0 Å². The van der Waals surface area contributed by atoms with Crippen molar-refractivity contribution in [3.63, 3.8) is 0 Å². The van der Waals surface area contributed by atoms with E-state index in [9.17, 15) is 24.3 Å². The van der Waals surface area contributed by atoms with Gasteiger partial charge in [-0.25, -0.2) is 0 Å². The average Bonchev–Trinajstić information content (AvgIpc) is 2.90. The van der Waals surface area contributed by atoms with E-state index in [1.807, 2.05) is 44.2 Å². The summed E-state index contributed by atoms with van der Waals surface area (Å²) in [6.07, 6.45) is 5.35. The third kappa shape index (κ3) is 11.0. The predicted molar refractivity (Wildman–Crippen MR) is 146 cm³/mol. The topological polar surface area (TPSA) is 133 Å². The lowest BCUT2D eigenvalue weighted by atomic mass is 9.73. The first-order valence-electron chi connectivity index (χ1n) is 14.0. The van der Waals surface area contributed by atoms with Gasteiger partial charge >= 0.3 is 0 Å². The molecule has 8 heteroatoms. The number of aliphatic hydroxyl groups is 2. The lowest BCUT2D eigenvalue weighted by Gasteiger charge is -2.35. The summed E-state index contributed by atoms with van der Waals surface area (Å²) in [7, 11) is 0. The van der Waals surface area contributed by atoms with Crippen molar-refractivity contribution in [1.82, 2.24) is 10.6 Å². The van der Waals surface area contributed by atoms with E-state index in [0.717, 1.165) is 31.2 Å². The molecule has 212 valence electrons. The Labute approximate surface area is 227 Å². The first-order chi connectivity index (χ1) is 18.1. The summed E-state index contributed by atoms with van der Waals surface area (Å²) < 4.78 is 0. The third-order valence-electron chi connectivity index (χ3n) is 7.61. The van der Waals surface area contributed by atoms with Crippen molar-refractivity contribution < 1.29 is 29.4 Å². The summed E-state index contributed by atoms with van der Waals surface area (Å²) in [5.41, 5.74) is 0.958. The zero-order valence-corrected chi connectivity index (χ0v) is 23.2. The highest BCUT2D eigenvalue weighted by atomic mass is 16.3. The summed E-state index contributed by atoms with van der Waals surface area (Å²) in [4.78, 5) is 49.2. The maximum atomic E-state index is 13.4. The molecule has 0 heterocycles. The molecular formula is C30H46N2O6. The van der Waals surface area contributed by atoms with Gasteiger partial charge in [-0.15, -0.1) is 0 Å². The molecule has 1 saturated carbocycles. The molecule has 0 radical (unpaired) electrons. The fourth-order valence-corrected chi connectivity index (χ4v) is 5.51. The fraction of sp³-hybridized carbons (Fsp3) is 0.667. The highest BCUT2D eigenvalue weighted by Gasteiger charge is 2.34. The maximum Gasteiger partial charge on any atom is 0.220 e.